The average Bonchev–Trinajstić information content (AvgIpc) is 2.90. The fourth-order valence-electron chi connectivity index (χ4n) is 1.57. The maximum atomic E-state index is 12.0. The van der Waals surface area contributed by atoms with Gasteiger partial charge in [-0.25, -0.2) is 13.1 Å². The lowest BCUT2D eigenvalue weighted by Crippen LogP contribution is -2.28. The number of sulfonamides is 1. The molecule has 0 saturated carbocycles. The lowest BCUT2D eigenvalue weighted by Gasteiger charge is -2.11. The zero-order chi connectivity index (χ0) is 13.9. The number of thiophene rings is 1. The highest BCUT2D eigenvalue weighted by molar-refractivity contribution is 7.89. The van der Waals surface area contributed by atoms with Crippen LogP contribution in [0.1, 0.15) is 16.5 Å². The smallest absolute Gasteiger partial charge is 0.240 e. The number of hydrogen-bond donors (Lipinski definition) is 2. The lowest BCUT2D eigenvalue weighted by atomic mass is 10.2. The number of aliphatic hydroxyl groups is 1. The fourth-order valence-corrected chi connectivity index (χ4v) is 3.32. The summed E-state index contributed by atoms with van der Waals surface area (Å²) in [5.41, 5.74) is 0.998. The van der Waals surface area contributed by atoms with Gasteiger partial charge in [0.25, 0.3) is 0 Å². The largest absolute Gasteiger partial charge is 0.386 e. The van der Waals surface area contributed by atoms with E-state index in [0.29, 0.717) is 0 Å². The lowest BCUT2D eigenvalue weighted by molar-refractivity contribution is 0.186. The van der Waals surface area contributed by atoms with E-state index in [4.69, 9.17) is 0 Å². The summed E-state index contributed by atoms with van der Waals surface area (Å²) in [5.74, 6) is 0. The molecule has 0 aliphatic carbocycles. The van der Waals surface area contributed by atoms with E-state index in [2.05, 4.69) is 4.72 Å². The van der Waals surface area contributed by atoms with Crippen LogP contribution in [-0.4, -0.2) is 20.1 Å². The average molecular weight is 297 g/mol. The van der Waals surface area contributed by atoms with E-state index in [1.54, 1.807) is 30.3 Å². The van der Waals surface area contributed by atoms with Crippen LogP contribution in [0.15, 0.2) is 46.7 Å². The highest BCUT2D eigenvalue weighted by Crippen LogP contribution is 2.18. The molecule has 1 unspecified atom stereocenters. The third kappa shape index (κ3) is 3.63. The third-order valence-electron chi connectivity index (χ3n) is 2.67. The van der Waals surface area contributed by atoms with Gasteiger partial charge in [0, 0.05) is 11.4 Å². The monoisotopic (exact) mass is 297 g/mol. The van der Waals surface area contributed by atoms with Gasteiger partial charge < -0.3 is 5.11 Å². The Morgan fingerprint density at radius 1 is 1.26 bits per heavy atom. The summed E-state index contributed by atoms with van der Waals surface area (Å²) in [6.07, 6.45) is -0.819. The molecule has 2 aromatic rings. The van der Waals surface area contributed by atoms with Gasteiger partial charge in [-0.05, 0) is 30.5 Å². The Balaban J connectivity index is 2.04. The van der Waals surface area contributed by atoms with Crippen LogP contribution in [0.4, 0.5) is 0 Å². The quantitative estimate of drug-likeness (QED) is 0.888. The number of nitrogens with one attached hydrogen (secondary N) is 1. The van der Waals surface area contributed by atoms with E-state index < -0.39 is 16.1 Å². The Kier molecular flexibility index (Phi) is 4.36. The normalized spacial score (nSPS) is 13.4. The Morgan fingerprint density at radius 3 is 2.53 bits per heavy atom. The molecule has 0 aliphatic heterocycles. The van der Waals surface area contributed by atoms with E-state index in [0.717, 1.165) is 10.4 Å². The number of aliphatic hydroxyl groups excluding tert-OH is 1. The maximum absolute atomic E-state index is 12.0. The number of aryl methyl sites for hydroxylation is 1. The SMILES string of the molecule is Cc1ccc(S(=O)(=O)NCC(O)c2cccs2)cc1. The van der Waals surface area contributed by atoms with Crippen LogP contribution in [0.5, 0.6) is 0 Å². The van der Waals surface area contributed by atoms with Crippen molar-refractivity contribution >= 4 is 21.4 Å². The first kappa shape index (κ1) is 14.2. The van der Waals surface area contributed by atoms with Crippen molar-refractivity contribution in [2.24, 2.45) is 0 Å². The molecule has 0 saturated heterocycles. The van der Waals surface area contributed by atoms with Gasteiger partial charge in [0.05, 0.1) is 4.90 Å². The van der Waals surface area contributed by atoms with Gasteiger partial charge >= 0.3 is 0 Å². The second kappa shape index (κ2) is 5.83. The Bertz CT molecular complexity index is 618. The first-order valence-corrected chi connectivity index (χ1v) is 8.13. The van der Waals surface area contributed by atoms with Gasteiger partial charge in [-0.1, -0.05) is 23.8 Å². The summed E-state index contributed by atoms with van der Waals surface area (Å²) in [6, 6.07) is 10.2. The molecule has 0 radical (unpaired) electrons. The van der Waals surface area contributed by atoms with Crippen LogP contribution < -0.4 is 4.72 Å². The maximum Gasteiger partial charge on any atom is 0.240 e. The fraction of sp³-hybridized carbons (Fsp3) is 0.231. The summed E-state index contributed by atoms with van der Waals surface area (Å²) < 4.78 is 26.4. The molecule has 4 nitrogen and oxygen atoms in total. The van der Waals surface area contributed by atoms with Crippen molar-refractivity contribution in [1.29, 1.82) is 0 Å². The summed E-state index contributed by atoms with van der Waals surface area (Å²) >= 11 is 1.39. The standard InChI is InChI=1S/C13H15NO3S2/c1-10-4-6-11(7-5-10)19(16,17)14-9-12(15)13-3-2-8-18-13/h2-8,12,14-15H,9H2,1H3. The molecular weight excluding hydrogens is 282 g/mol. The Labute approximate surface area is 116 Å². The zero-order valence-electron chi connectivity index (χ0n) is 10.4. The van der Waals surface area contributed by atoms with Gasteiger partial charge in [-0.15, -0.1) is 11.3 Å². The molecule has 0 aliphatic rings. The van der Waals surface area contributed by atoms with E-state index in [1.807, 2.05) is 18.4 Å². The molecule has 0 fully saturated rings. The first-order valence-electron chi connectivity index (χ1n) is 5.77. The minimum atomic E-state index is -3.57. The van der Waals surface area contributed by atoms with Crippen LogP contribution in [0.25, 0.3) is 0 Å². The van der Waals surface area contributed by atoms with Crippen molar-refractivity contribution < 1.29 is 13.5 Å². The number of hydrogen-bond acceptors (Lipinski definition) is 4. The van der Waals surface area contributed by atoms with Crippen molar-refractivity contribution in [3.05, 3.63) is 52.2 Å². The Hall–Kier alpha value is -1.21. The molecule has 6 heteroatoms. The minimum absolute atomic E-state index is 0.0310. The predicted molar refractivity (Wildman–Crippen MR) is 75.6 cm³/mol. The van der Waals surface area contributed by atoms with E-state index >= 15 is 0 Å². The number of rotatable bonds is 5. The predicted octanol–water partition coefficient (Wildman–Crippen LogP) is 2.07. The summed E-state index contributed by atoms with van der Waals surface area (Å²) in [6.45, 7) is 1.86. The minimum Gasteiger partial charge on any atom is -0.386 e. The second-order valence-corrected chi connectivity index (χ2v) is 6.94. The summed E-state index contributed by atoms with van der Waals surface area (Å²) in [7, 11) is -3.57. The van der Waals surface area contributed by atoms with Crippen LogP contribution >= 0.6 is 11.3 Å². The van der Waals surface area contributed by atoms with Crippen molar-refractivity contribution in [3.63, 3.8) is 0 Å². The molecular formula is C13H15NO3S2. The van der Waals surface area contributed by atoms with Crippen LogP contribution in [-0.2, 0) is 10.0 Å². The van der Waals surface area contributed by atoms with Gasteiger partial charge in [-0.3, -0.25) is 0 Å². The molecule has 0 bridgehead atoms. The molecule has 1 atom stereocenters. The van der Waals surface area contributed by atoms with Crippen LogP contribution in [0.3, 0.4) is 0 Å². The van der Waals surface area contributed by atoms with Crippen molar-refractivity contribution in [2.45, 2.75) is 17.9 Å². The molecule has 1 aromatic carbocycles. The highest BCUT2D eigenvalue weighted by Gasteiger charge is 2.16. The van der Waals surface area contributed by atoms with Crippen LogP contribution in [0.2, 0.25) is 0 Å². The molecule has 19 heavy (non-hydrogen) atoms. The van der Waals surface area contributed by atoms with Crippen molar-refractivity contribution in [3.8, 4) is 0 Å². The molecule has 0 spiro atoms. The highest BCUT2D eigenvalue weighted by atomic mass is 32.2. The van der Waals surface area contributed by atoms with Crippen molar-refractivity contribution in [1.82, 2.24) is 4.72 Å². The van der Waals surface area contributed by atoms with Gasteiger partial charge in [-0.2, -0.15) is 0 Å². The Morgan fingerprint density at radius 2 is 1.95 bits per heavy atom. The molecule has 1 aromatic heterocycles. The van der Waals surface area contributed by atoms with Gasteiger partial charge in [0.15, 0.2) is 0 Å². The van der Waals surface area contributed by atoms with Crippen molar-refractivity contribution in [2.75, 3.05) is 6.54 Å². The topological polar surface area (TPSA) is 66.4 Å². The zero-order valence-corrected chi connectivity index (χ0v) is 12.0. The molecule has 2 N–H and O–H groups in total. The first-order chi connectivity index (χ1) is 8.99. The van der Waals surface area contributed by atoms with E-state index in [9.17, 15) is 13.5 Å². The van der Waals surface area contributed by atoms with E-state index in [-0.39, 0.29) is 11.4 Å². The molecule has 0 amide bonds. The van der Waals surface area contributed by atoms with E-state index in [1.165, 1.54) is 11.3 Å². The van der Waals surface area contributed by atoms with Gasteiger partial charge in [0.1, 0.15) is 6.10 Å². The summed E-state index contributed by atoms with van der Waals surface area (Å²) in [4.78, 5) is 0.947. The third-order valence-corrected chi connectivity index (χ3v) is 5.08. The summed E-state index contributed by atoms with van der Waals surface area (Å²) in [5, 5.41) is 11.7. The molecule has 102 valence electrons. The van der Waals surface area contributed by atoms with Crippen LogP contribution in [0, 0.1) is 6.92 Å². The molecule has 2 rings (SSSR count). The van der Waals surface area contributed by atoms with Gasteiger partial charge in [0.2, 0.25) is 10.0 Å². The second-order valence-electron chi connectivity index (χ2n) is 4.20. The molecule has 1 heterocycles. The number of benzene rings is 1.